The van der Waals surface area contributed by atoms with Gasteiger partial charge >= 0.3 is 17.9 Å². The highest BCUT2D eigenvalue weighted by atomic mass is 16.4. The van der Waals surface area contributed by atoms with Crippen LogP contribution in [0.4, 0.5) is 0 Å². The third kappa shape index (κ3) is 15.4. The van der Waals surface area contributed by atoms with E-state index in [9.17, 15) is 53.7 Å². The first kappa shape index (κ1) is 43.0. The molecule has 0 aliphatic heterocycles. The summed E-state index contributed by atoms with van der Waals surface area (Å²) < 4.78 is 0. The Hall–Kier alpha value is -5.06. The van der Waals surface area contributed by atoms with E-state index in [1.807, 2.05) is 6.92 Å². The number of carboxylic acids is 3. The van der Waals surface area contributed by atoms with Crippen molar-refractivity contribution in [3.8, 4) is 0 Å². The van der Waals surface area contributed by atoms with Gasteiger partial charge in [0.25, 0.3) is 0 Å². The van der Waals surface area contributed by atoms with E-state index in [1.165, 1.54) is 6.92 Å². The molecule has 0 aromatic heterocycles. The fourth-order valence-electron chi connectivity index (χ4n) is 4.67. The highest BCUT2D eigenvalue weighted by molar-refractivity contribution is 5.97. The largest absolute Gasteiger partial charge is 0.481 e. The summed E-state index contributed by atoms with van der Waals surface area (Å²) in [6.07, 6.45) is -1.27. The molecule has 5 amide bonds. The second kappa shape index (κ2) is 21.1. The predicted molar refractivity (Wildman–Crippen MR) is 179 cm³/mol. The first-order valence-corrected chi connectivity index (χ1v) is 16.3. The van der Waals surface area contributed by atoms with Gasteiger partial charge in [-0.25, -0.2) is 4.79 Å². The molecule has 0 fully saturated rings. The Morgan fingerprint density at radius 3 is 1.70 bits per heavy atom. The Kier molecular flexibility index (Phi) is 18.1. The van der Waals surface area contributed by atoms with Gasteiger partial charge in [0, 0.05) is 12.8 Å². The lowest BCUT2D eigenvalue weighted by Gasteiger charge is -2.27. The minimum absolute atomic E-state index is 0.0770. The standard InChI is InChI=1S/C33H50N6O11/c1-6-18(4)27(34)32(48)36-21(12-13-25(40)41)29(45)37-22(15-20-10-8-7-9-11-20)31(47)38-23(16-26(42)43)30(46)35-19(5)28(44)39-24(33(49)50)14-17(2)3/h7-11,17-19,21-24,27H,6,12-16,34H2,1-5H3,(H,35,46)(H,36,48)(H,37,45)(H,38,47)(H,39,44)(H,40,41)(H,42,43)(H,49,50)/t18-,19-,21-,22-,23-,24-,27-/m0/s1. The first-order valence-electron chi connectivity index (χ1n) is 16.3. The molecule has 7 atom stereocenters. The van der Waals surface area contributed by atoms with E-state index in [4.69, 9.17) is 5.73 Å². The van der Waals surface area contributed by atoms with Crippen molar-refractivity contribution in [2.45, 2.75) is 109 Å². The SMILES string of the molecule is CC[C@H](C)[C@H](N)C(=O)N[C@@H](CCC(=O)O)C(=O)N[C@@H](Cc1ccccc1)C(=O)N[C@@H](CC(=O)O)C(=O)N[C@@H](C)C(=O)N[C@@H](CC(C)C)C(=O)O. The monoisotopic (exact) mass is 706 g/mol. The summed E-state index contributed by atoms with van der Waals surface area (Å²) in [4.78, 5) is 100. The molecule has 0 spiro atoms. The maximum Gasteiger partial charge on any atom is 0.326 e. The van der Waals surface area contributed by atoms with E-state index in [1.54, 1.807) is 51.1 Å². The fraction of sp³-hybridized carbons (Fsp3) is 0.576. The molecule has 0 saturated heterocycles. The highest BCUT2D eigenvalue weighted by Crippen LogP contribution is 2.10. The van der Waals surface area contributed by atoms with Crippen molar-refractivity contribution >= 4 is 47.4 Å². The molecule has 0 radical (unpaired) electrons. The lowest BCUT2D eigenvalue weighted by molar-refractivity contribution is -0.143. The zero-order valence-electron chi connectivity index (χ0n) is 28.9. The summed E-state index contributed by atoms with van der Waals surface area (Å²) >= 11 is 0. The summed E-state index contributed by atoms with van der Waals surface area (Å²) in [5.74, 6) is -8.91. The van der Waals surface area contributed by atoms with Gasteiger partial charge in [0.05, 0.1) is 12.5 Å². The Balaban J connectivity index is 3.28. The van der Waals surface area contributed by atoms with Crippen molar-refractivity contribution in [1.82, 2.24) is 26.6 Å². The van der Waals surface area contributed by atoms with Crippen molar-refractivity contribution in [3.05, 3.63) is 35.9 Å². The van der Waals surface area contributed by atoms with Crippen LogP contribution in [0.3, 0.4) is 0 Å². The van der Waals surface area contributed by atoms with E-state index in [2.05, 4.69) is 26.6 Å². The van der Waals surface area contributed by atoms with Gasteiger partial charge < -0.3 is 47.6 Å². The number of benzene rings is 1. The average Bonchev–Trinajstić information content (AvgIpc) is 3.04. The Labute approximate surface area is 290 Å². The maximum absolute atomic E-state index is 13.6. The molecule has 0 saturated carbocycles. The van der Waals surface area contributed by atoms with Crippen molar-refractivity contribution in [2.75, 3.05) is 0 Å². The van der Waals surface area contributed by atoms with Gasteiger partial charge in [-0.2, -0.15) is 0 Å². The summed E-state index contributed by atoms with van der Waals surface area (Å²) in [6, 6.07) is 0.153. The molecular weight excluding hydrogens is 656 g/mol. The van der Waals surface area contributed by atoms with Crippen LogP contribution in [0, 0.1) is 11.8 Å². The van der Waals surface area contributed by atoms with Crippen LogP contribution in [-0.2, 0) is 44.8 Å². The van der Waals surface area contributed by atoms with Gasteiger partial charge in [-0.1, -0.05) is 64.4 Å². The molecule has 1 aromatic carbocycles. The second-order valence-electron chi connectivity index (χ2n) is 12.6. The van der Waals surface area contributed by atoms with Gasteiger partial charge in [-0.05, 0) is 37.2 Å². The molecule has 1 rings (SSSR count). The van der Waals surface area contributed by atoms with Gasteiger partial charge in [-0.3, -0.25) is 33.6 Å². The van der Waals surface area contributed by atoms with E-state index < -0.39 is 96.5 Å². The van der Waals surface area contributed by atoms with Gasteiger partial charge in [0.15, 0.2) is 0 Å². The second-order valence-corrected chi connectivity index (χ2v) is 12.6. The maximum atomic E-state index is 13.6. The fourth-order valence-corrected chi connectivity index (χ4v) is 4.67. The Morgan fingerprint density at radius 2 is 1.18 bits per heavy atom. The molecule has 17 heteroatoms. The van der Waals surface area contributed by atoms with Crippen LogP contribution >= 0.6 is 0 Å². The van der Waals surface area contributed by atoms with E-state index in [0.717, 1.165) is 0 Å². The third-order valence-electron chi connectivity index (χ3n) is 7.84. The van der Waals surface area contributed by atoms with Gasteiger partial charge in [-0.15, -0.1) is 0 Å². The predicted octanol–water partition coefficient (Wildman–Crippen LogP) is -0.483. The van der Waals surface area contributed by atoms with Crippen LogP contribution in [0.1, 0.15) is 72.3 Å². The van der Waals surface area contributed by atoms with E-state index >= 15 is 0 Å². The number of nitrogens with two attached hydrogens (primary N) is 1. The smallest absolute Gasteiger partial charge is 0.326 e. The molecule has 10 N–H and O–H groups in total. The first-order chi connectivity index (χ1) is 23.4. The van der Waals surface area contributed by atoms with E-state index in [0.29, 0.717) is 12.0 Å². The Morgan fingerprint density at radius 1 is 0.660 bits per heavy atom. The zero-order chi connectivity index (χ0) is 38.1. The molecule has 17 nitrogen and oxygen atoms in total. The minimum Gasteiger partial charge on any atom is -0.481 e. The Bertz CT molecular complexity index is 1360. The summed E-state index contributed by atoms with van der Waals surface area (Å²) in [5.41, 5.74) is 6.55. The van der Waals surface area contributed by atoms with Crippen LogP contribution in [0.5, 0.6) is 0 Å². The minimum atomic E-state index is -1.74. The third-order valence-corrected chi connectivity index (χ3v) is 7.84. The van der Waals surface area contributed by atoms with Gasteiger partial charge in [0.2, 0.25) is 29.5 Å². The molecule has 50 heavy (non-hydrogen) atoms. The molecule has 0 unspecified atom stereocenters. The number of carbonyl (C=O) groups excluding carboxylic acids is 5. The summed E-state index contributed by atoms with van der Waals surface area (Å²) in [5, 5.41) is 40.0. The number of carbonyl (C=O) groups is 8. The van der Waals surface area contributed by atoms with Crippen LogP contribution in [0.15, 0.2) is 30.3 Å². The summed E-state index contributed by atoms with van der Waals surface area (Å²) in [6.45, 7) is 8.31. The quantitative estimate of drug-likeness (QED) is 0.0739. The lowest BCUT2D eigenvalue weighted by Crippen LogP contribution is -2.60. The van der Waals surface area contributed by atoms with Crippen LogP contribution in [-0.4, -0.2) is 99.0 Å². The molecule has 0 bridgehead atoms. The molecular formula is C33H50N6O11. The number of amides is 5. The molecule has 278 valence electrons. The van der Waals surface area contributed by atoms with E-state index in [-0.39, 0.29) is 31.1 Å². The highest BCUT2D eigenvalue weighted by Gasteiger charge is 2.33. The number of nitrogens with one attached hydrogen (secondary N) is 5. The number of aliphatic carboxylic acids is 3. The van der Waals surface area contributed by atoms with Gasteiger partial charge in [0.1, 0.15) is 30.2 Å². The number of rotatable bonds is 22. The molecule has 0 aliphatic rings. The van der Waals surface area contributed by atoms with Crippen molar-refractivity contribution in [1.29, 1.82) is 0 Å². The number of carboxylic acid groups (broad SMARTS) is 3. The molecule has 0 aliphatic carbocycles. The van der Waals surface area contributed by atoms with Crippen molar-refractivity contribution < 1.29 is 53.7 Å². The topological polar surface area (TPSA) is 283 Å². The van der Waals surface area contributed by atoms with Crippen LogP contribution in [0.2, 0.25) is 0 Å². The lowest BCUT2D eigenvalue weighted by atomic mass is 9.98. The average molecular weight is 707 g/mol. The normalized spacial score (nSPS) is 15.2. The number of hydrogen-bond donors (Lipinski definition) is 9. The molecule has 0 heterocycles. The zero-order valence-corrected chi connectivity index (χ0v) is 28.9. The van der Waals surface area contributed by atoms with Crippen molar-refractivity contribution in [3.63, 3.8) is 0 Å². The molecule has 1 aromatic rings. The number of hydrogen-bond acceptors (Lipinski definition) is 9. The van der Waals surface area contributed by atoms with Crippen LogP contribution < -0.4 is 32.3 Å². The van der Waals surface area contributed by atoms with Crippen LogP contribution in [0.25, 0.3) is 0 Å². The van der Waals surface area contributed by atoms with Crippen molar-refractivity contribution in [2.24, 2.45) is 17.6 Å². The summed E-state index contributed by atoms with van der Waals surface area (Å²) in [7, 11) is 0.